The maximum Gasteiger partial charge on any atom is 0.160 e. The van der Waals surface area contributed by atoms with Gasteiger partial charge in [0.25, 0.3) is 0 Å². The van der Waals surface area contributed by atoms with Gasteiger partial charge in [-0.05, 0) is 44.0 Å². The summed E-state index contributed by atoms with van der Waals surface area (Å²) in [6, 6.07) is 3.31. The van der Waals surface area contributed by atoms with E-state index in [2.05, 4.69) is 17.1 Å². The number of hydrogen-bond acceptors (Lipinski definition) is 2. The van der Waals surface area contributed by atoms with E-state index in [9.17, 15) is 4.39 Å². The van der Waals surface area contributed by atoms with Crippen molar-refractivity contribution in [3.63, 3.8) is 0 Å². The van der Waals surface area contributed by atoms with Crippen LogP contribution in [0.15, 0.2) is 12.1 Å². The van der Waals surface area contributed by atoms with Gasteiger partial charge in [0.05, 0.1) is 10.0 Å². The zero-order valence-electron chi connectivity index (χ0n) is 11.1. The van der Waals surface area contributed by atoms with Crippen molar-refractivity contribution in [2.45, 2.75) is 19.8 Å². The van der Waals surface area contributed by atoms with Gasteiger partial charge in [-0.2, -0.15) is 0 Å². The van der Waals surface area contributed by atoms with Crippen molar-refractivity contribution in [2.24, 2.45) is 5.92 Å². The highest BCUT2D eigenvalue weighted by Crippen LogP contribution is 2.32. The van der Waals surface area contributed by atoms with E-state index in [-0.39, 0.29) is 10.0 Å². The molecule has 1 N–H and O–H groups in total. The third-order valence-corrected chi connectivity index (χ3v) is 4.03. The number of rotatable bonds is 5. The Bertz CT molecular complexity index is 416. The predicted molar refractivity (Wildman–Crippen MR) is 79.9 cm³/mol. The Kier molecular flexibility index (Phi) is 5.31. The van der Waals surface area contributed by atoms with E-state index < -0.39 is 5.82 Å². The van der Waals surface area contributed by atoms with Gasteiger partial charge in [-0.1, -0.05) is 30.1 Å². The van der Waals surface area contributed by atoms with Crippen molar-refractivity contribution in [1.29, 1.82) is 0 Å². The van der Waals surface area contributed by atoms with Gasteiger partial charge in [0.1, 0.15) is 0 Å². The number of hydrogen-bond donors (Lipinski definition) is 1. The molecule has 2 nitrogen and oxygen atoms in total. The molecule has 1 saturated heterocycles. The average molecular weight is 305 g/mol. The first-order chi connectivity index (χ1) is 9.11. The second-order valence-corrected chi connectivity index (χ2v) is 5.84. The topological polar surface area (TPSA) is 15.3 Å². The molecule has 1 heterocycles. The van der Waals surface area contributed by atoms with Crippen molar-refractivity contribution in [3.05, 3.63) is 28.0 Å². The van der Waals surface area contributed by atoms with Gasteiger partial charge < -0.3 is 10.2 Å². The lowest BCUT2D eigenvalue weighted by molar-refractivity contribution is 0.516. The van der Waals surface area contributed by atoms with Crippen LogP contribution in [0.3, 0.4) is 0 Å². The Morgan fingerprint density at radius 3 is 2.68 bits per heavy atom. The first kappa shape index (κ1) is 14.9. The lowest BCUT2D eigenvalue weighted by Crippen LogP contribution is -2.26. The fraction of sp³-hybridized carbons (Fsp3) is 0.571. The van der Waals surface area contributed by atoms with E-state index >= 15 is 0 Å². The molecule has 0 amide bonds. The molecule has 19 heavy (non-hydrogen) atoms. The van der Waals surface area contributed by atoms with Gasteiger partial charge in [-0.3, -0.25) is 0 Å². The minimum absolute atomic E-state index is 0.0926. The van der Waals surface area contributed by atoms with Gasteiger partial charge in [0.15, 0.2) is 5.82 Å². The summed E-state index contributed by atoms with van der Waals surface area (Å²) in [7, 11) is 0. The molecule has 1 aromatic carbocycles. The van der Waals surface area contributed by atoms with Gasteiger partial charge in [-0.15, -0.1) is 0 Å². The van der Waals surface area contributed by atoms with Gasteiger partial charge in [0.2, 0.25) is 0 Å². The molecule has 106 valence electrons. The normalized spacial score (nSPS) is 19.2. The molecule has 0 radical (unpaired) electrons. The molecule has 0 aromatic heterocycles. The quantitative estimate of drug-likeness (QED) is 0.654. The Balaban J connectivity index is 1.97. The lowest BCUT2D eigenvalue weighted by atomic mass is 10.1. The van der Waals surface area contributed by atoms with Crippen LogP contribution in [-0.4, -0.2) is 26.2 Å². The molecule has 1 aliphatic heterocycles. The molecule has 1 aliphatic rings. The fourth-order valence-electron chi connectivity index (χ4n) is 2.44. The van der Waals surface area contributed by atoms with Crippen LogP contribution in [0.4, 0.5) is 10.1 Å². The zero-order chi connectivity index (χ0) is 13.8. The summed E-state index contributed by atoms with van der Waals surface area (Å²) in [6.45, 7) is 6.19. The first-order valence-electron chi connectivity index (χ1n) is 6.72. The SMILES string of the molecule is CCCNCC1CCN(c2cc(Cl)c(F)c(Cl)c2)C1. The van der Waals surface area contributed by atoms with Crippen LogP contribution in [0.1, 0.15) is 19.8 Å². The van der Waals surface area contributed by atoms with E-state index in [0.29, 0.717) is 5.92 Å². The summed E-state index contributed by atoms with van der Waals surface area (Å²) in [6.07, 6.45) is 2.29. The van der Waals surface area contributed by atoms with Crippen LogP contribution in [0, 0.1) is 11.7 Å². The van der Waals surface area contributed by atoms with E-state index in [4.69, 9.17) is 23.2 Å². The second-order valence-electron chi connectivity index (χ2n) is 5.03. The summed E-state index contributed by atoms with van der Waals surface area (Å²) in [5.74, 6) is 0.0987. The molecule has 5 heteroatoms. The third-order valence-electron chi connectivity index (χ3n) is 3.48. The summed E-state index contributed by atoms with van der Waals surface area (Å²) in [5.41, 5.74) is 0.911. The molecule has 1 aromatic rings. The number of nitrogens with one attached hydrogen (secondary N) is 1. The van der Waals surface area contributed by atoms with Gasteiger partial charge >= 0.3 is 0 Å². The summed E-state index contributed by atoms with van der Waals surface area (Å²) < 4.78 is 13.4. The molecular formula is C14H19Cl2FN2. The van der Waals surface area contributed by atoms with Crippen molar-refractivity contribution in [1.82, 2.24) is 5.32 Å². The summed E-state index contributed by atoms with van der Waals surface area (Å²) in [4.78, 5) is 2.22. The monoisotopic (exact) mass is 304 g/mol. The molecule has 1 fully saturated rings. The standard InChI is InChI=1S/C14H19Cl2FN2/c1-2-4-18-8-10-3-5-19(9-10)11-6-12(15)14(17)13(16)7-11/h6-7,10,18H,2-5,8-9H2,1H3. The van der Waals surface area contributed by atoms with Crippen LogP contribution in [0.25, 0.3) is 0 Å². The number of anilines is 1. The van der Waals surface area contributed by atoms with E-state index in [1.54, 1.807) is 12.1 Å². The average Bonchev–Trinajstić information content (AvgIpc) is 2.84. The Labute approximate surface area is 123 Å². The highest BCUT2D eigenvalue weighted by Gasteiger charge is 2.23. The molecule has 0 aliphatic carbocycles. The number of halogens is 3. The van der Waals surface area contributed by atoms with Crippen molar-refractivity contribution in [2.75, 3.05) is 31.1 Å². The molecule has 0 bridgehead atoms. The van der Waals surface area contributed by atoms with Crippen LogP contribution in [0.2, 0.25) is 10.0 Å². The minimum Gasteiger partial charge on any atom is -0.371 e. The van der Waals surface area contributed by atoms with Crippen molar-refractivity contribution in [3.8, 4) is 0 Å². The molecule has 2 rings (SSSR count). The molecule has 1 unspecified atom stereocenters. The maximum atomic E-state index is 13.4. The maximum absolute atomic E-state index is 13.4. The smallest absolute Gasteiger partial charge is 0.160 e. The van der Waals surface area contributed by atoms with E-state index in [1.165, 1.54) is 0 Å². The molecule has 0 saturated carbocycles. The molecular weight excluding hydrogens is 286 g/mol. The van der Waals surface area contributed by atoms with E-state index in [1.807, 2.05) is 0 Å². The van der Waals surface area contributed by atoms with E-state index in [0.717, 1.165) is 44.7 Å². The Morgan fingerprint density at radius 1 is 1.37 bits per heavy atom. The number of nitrogens with zero attached hydrogens (tertiary/aromatic N) is 1. The van der Waals surface area contributed by atoms with Crippen molar-refractivity contribution >= 4 is 28.9 Å². The van der Waals surface area contributed by atoms with Crippen LogP contribution in [0.5, 0.6) is 0 Å². The summed E-state index contributed by atoms with van der Waals surface area (Å²) >= 11 is 11.7. The van der Waals surface area contributed by atoms with Gasteiger partial charge in [-0.25, -0.2) is 4.39 Å². The van der Waals surface area contributed by atoms with Crippen LogP contribution >= 0.6 is 23.2 Å². The predicted octanol–water partition coefficient (Wildman–Crippen LogP) is 3.96. The van der Waals surface area contributed by atoms with Crippen molar-refractivity contribution < 1.29 is 4.39 Å². The largest absolute Gasteiger partial charge is 0.371 e. The molecule has 0 spiro atoms. The van der Waals surface area contributed by atoms with Gasteiger partial charge in [0, 0.05) is 18.8 Å². The Morgan fingerprint density at radius 2 is 2.05 bits per heavy atom. The fourth-order valence-corrected chi connectivity index (χ4v) is 2.92. The summed E-state index contributed by atoms with van der Waals surface area (Å²) in [5, 5.41) is 3.63. The highest BCUT2D eigenvalue weighted by atomic mass is 35.5. The van der Waals surface area contributed by atoms with Crippen LogP contribution in [-0.2, 0) is 0 Å². The Hall–Kier alpha value is -0.510. The number of benzene rings is 1. The lowest BCUT2D eigenvalue weighted by Gasteiger charge is -2.19. The third kappa shape index (κ3) is 3.74. The minimum atomic E-state index is -0.535. The highest BCUT2D eigenvalue weighted by molar-refractivity contribution is 6.35. The second kappa shape index (κ2) is 6.78. The first-order valence-corrected chi connectivity index (χ1v) is 7.47. The van der Waals surface area contributed by atoms with Crippen LogP contribution < -0.4 is 10.2 Å². The zero-order valence-corrected chi connectivity index (χ0v) is 12.6. The molecule has 1 atom stereocenters.